The Kier molecular flexibility index (Phi) is 5.48. The molecule has 0 aliphatic rings. The first kappa shape index (κ1) is 15.1. The van der Waals surface area contributed by atoms with Crippen molar-refractivity contribution in [1.82, 2.24) is 5.54 Å². The van der Waals surface area contributed by atoms with Crippen LogP contribution in [0.1, 0.15) is 58.5 Å². The zero-order chi connectivity index (χ0) is 14.4. The number of aryl methyl sites for hydroxylation is 2. The molecule has 0 bridgehead atoms. The fraction of sp³-hybridized carbons (Fsp3) is 0.429. The fourth-order valence-corrected chi connectivity index (χ4v) is 2.14. The fourth-order valence-electron chi connectivity index (χ4n) is 2.14. The van der Waals surface area contributed by atoms with E-state index in [2.05, 4.69) is 0 Å². The second kappa shape index (κ2) is 6.87. The molecule has 0 heterocycles. The van der Waals surface area contributed by atoms with Gasteiger partial charge in [0.15, 0.2) is 0 Å². The second-order valence-corrected chi connectivity index (χ2v) is 4.45. The molecule has 0 radical (unpaired) electrons. The molecule has 3 N–H and O–H groups in total. The van der Waals surface area contributed by atoms with Crippen molar-refractivity contribution in [2.24, 2.45) is 5.73 Å². The topological polar surface area (TPSA) is 72.2 Å². The SMILES string of the molecule is CCCc1cc(CCC)c(C(=O)NF)cc1C(N)=O. The molecule has 5 heteroatoms. The van der Waals surface area contributed by atoms with Gasteiger partial charge in [-0.25, -0.2) is 0 Å². The number of halogens is 1. The lowest BCUT2D eigenvalue weighted by atomic mass is 9.93. The molecule has 4 nitrogen and oxygen atoms in total. The first-order valence-electron chi connectivity index (χ1n) is 6.41. The first-order chi connectivity index (χ1) is 9.04. The lowest BCUT2D eigenvalue weighted by molar-refractivity contribution is 0.0858. The summed E-state index contributed by atoms with van der Waals surface area (Å²) in [5, 5.41) is 0. The Hall–Kier alpha value is -1.91. The van der Waals surface area contributed by atoms with Crippen LogP contribution in [0.25, 0.3) is 0 Å². The Morgan fingerprint density at radius 3 is 2.05 bits per heavy atom. The van der Waals surface area contributed by atoms with E-state index in [0.717, 1.165) is 29.5 Å². The van der Waals surface area contributed by atoms with Gasteiger partial charge in [0, 0.05) is 11.1 Å². The van der Waals surface area contributed by atoms with Crippen LogP contribution in [-0.4, -0.2) is 11.8 Å². The molecule has 2 amide bonds. The highest BCUT2D eigenvalue weighted by Gasteiger charge is 2.17. The molecule has 0 fully saturated rings. The number of amides is 2. The third-order valence-electron chi connectivity index (χ3n) is 2.96. The molecule has 1 rings (SSSR count). The summed E-state index contributed by atoms with van der Waals surface area (Å²) in [5.74, 6) is -1.44. The van der Waals surface area contributed by atoms with Gasteiger partial charge < -0.3 is 5.73 Å². The molecule has 0 saturated heterocycles. The molecule has 0 aliphatic heterocycles. The predicted molar refractivity (Wildman–Crippen MR) is 71.5 cm³/mol. The largest absolute Gasteiger partial charge is 0.366 e. The van der Waals surface area contributed by atoms with E-state index in [-0.39, 0.29) is 5.56 Å². The van der Waals surface area contributed by atoms with Crippen molar-refractivity contribution in [2.75, 3.05) is 0 Å². The highest BCUT2D eigenvalue weighted by molar-refractivity contribution is 6.00. The number of nitrogens with two attached hydrogens (primary N) is 1. The van der Waals surface area contributed by atoms with Crippen LogP contribution in [0.2, 0.25) is 0 Å². The molecule has 0 atom stereocenters. The van der Waals surface area contributed by atoms with Crippen LogP contribution in [0, 0.1) is 0 Å². The Morgan fingerprint density at radius 1 is 1.11 bits per heavy atom. The summed E-state index contributed by atoms with van der Waals surface area (Å²) in [6, 6.07) is 3.19. The summed E-state index contributed by atoms with van der Waals surface area (Å²) < 4.78 is 12.4. The van der Waals surface area contributed by atoms with Gasteiger partial charge in [-0.2, -0.15) is 5.54 Å². The molecule has 0 aliphatic carbocycles. The van der Waals surface area contributed by atoms with Crippen LogP contribution in [0.15, 0.2) is 12.1 Å². The second-order valence-electron chi connectivity index (χ2n) is 4.45. The van der Waals surface area contributed by atoms with Gasteiger partial charge >= 0.3 is 0 Å². The summed E-state index contributed by atoms with van der Waals surface area (Å²) >= 11 is 0. The zero-order valence-electron chi connectivity index (χ0n) is 11.3. The van der Waals surface area contributed by atoms with Crippen molar-refractivity contribution in [3.05, 3.63) is 34.4 Å². The Balaban J connectivity index is 3.40. The van der Waals surface area contributed by atoms with Crippen molar-refractivity contribution in [3.8, 4) is 0 Å². The van der Waals surface area contributed by atoms with Gasteiger partial charge in [-0.1, -0.05) is 37.2 Å². The van der Waals surface area contributed by atoms with Gasteiger partial charge in [-0.05, 0) is 30.0 Å². The maximum absolute atomic E-state index is 12.4. The molecule has 1 aromatic rings. The maximum atomic E-state index is 12.4. The summed E-state index contributed by atoms with van der Waals surface area (Å²) in [7, 11) is 0. The minimum atomic E-state index is -0.839. The summed E-state index contributed by atoms with van der Waals surface area (Å²) in [6.07, 6.45) is 3.04. The van der Waals surface area contributed by atoms with Crippen LogP contribution in [0.3, 0.4) is 0 Å². The van der Waals surface area contributed by atoms with Gasteiger partial charge in [0.1, 0.15) is 0 Å². The molecular weight excluding hydrogens is 247 g/mol. The predicted octanol–water partition coefficient (Wildman–Crippen LogP) is 2.30. The molecular formula is C14H19FN2O2. The van der Waals surface area contributed by atoms with Crippen LogP contribution < -0.4 is 11.3 Å². The maximum Gasteiger partial charge on any atom is 0.279 e. The third kappa shape index (κ3) is 3.53. The van der Waals surface area contributed by atoms with E-state index >= 15 is 0 Å². The van der Waals surface area contributed by atoms with Crippen LogP contribution in [0.4, 0.5) is 4.48 Å². The number of carbonyl (C=O) groups is 2. The quantitative estimate of drug-likeness (QED) is 0.775. The van der Waals surface area contributed by atoms with Crippen LogP contribution in [-0.2, 0) is 12.8 Å². The van der Waals surface area contributed by atoms with E-state index in [1.165, 1.54) is 6.07 Å². The van der Waals surface area contributed by atoms with E-state index in [1.807, 2.05) is 13.8 Å². The molecule has 1 aromatic carbocycles. The highest BCUT2D eigenvalue weighted by Crippen LogP contribution is 2.20. The molecule has 0 saturated carbocycles. The lowest BCUT2D eigenvalue weighted by Crippen LogP contribution is -2.20. The smallest absolute Gasteiger partial charge is 0.279 e. The van der Waals surface area contributed by atoms with Gasteiger partial charge in [0.2, 0.25) is 5.91 Å². The molecule has 0 aromatic heterocycles. The van der Waals surface area contributed by atoms with Gasteiger partial charge in [0.05, 0.1) is 0 Å². The van der Waals surface area contributed by atoms with Crippen LogP contribution >= 0.6 is 0 Å². The van der Waals surface area contributed by atoms with Crippen molar-refractivity contribution in [1.29, 1.82) is 0 Å². The van der Waals surface area contributed by atoms with E-state index in [0.29, 0.717) is 18.4 Å². The molecule has 0 spiro atoms. The minimum absolute atomic E-state index is 0.179. The lowest BCUT2D eigenvalue weighted by Gasteiger charge is -2.13. The van der Waals surface area contributed by atoms with E-state index < -0.39 is 11.8 Å². The first-order valence-corrected chi connectivity index (χ1v) is 6.41. The molecule has 0 unspecified atom stereocenters. The number of rotatable bonds is 6. The number of carbonyl (C=O) groups excluding carboxylic acids is 2. The average Bonchev–Trinajstić information content (AvgIpc) is 2.38. The Morgan fingerprint density at radius 2 is 1.63 bits per heavy atom. The third-order valence-corrected chi connectivity index (χ3v) is 2.96. The van der Waals surface area contributed by atoms with Gasteiger partial charge in [-0.3, -0.25) is 9.59 Å². The number of nitrogens with one attached hydrogen (secondary N) is 1. The van der Waals surface area contributed by atoms with Crippen LogP contribution in [0.5, 0.6) is 0 Å². The monoisotopic (exact) mass is 266 g/mol. The van der Waals surface area contributed by atoms with Gasteiger partial charge in [0.25, 0.3) is 5.91 Å². The highest BCUT2D eigenvalue weighted by atomic mass is 19.2. The average molecular weight is 266 g/mol. The van der Waals surface area contributed by atoms with E-state index in [1.54, 1.807) is 6.07 Å². The zero-order valence-corrected chi connectivity index (χ0v) is 11.3. The summed E-state index contributed by atoms with van der Waals surface area (Å²) in [4.78, 5) is 22.9. The summed E-state index contributed by atoms with van der Waals surface area (Å²) in [5.41, 5.74) is 8.45. The Labute approximate surface area is 112 Å². The van der Waals surface area contributed by atoms with Gasteiger partial charge in [-0.15, -0.1) is 0 Å². The minimum Gasteiger partial charge on any atom is -0.366 e. The van der Waals surface area contributed by atoms with E-state index in [9.17, 15) is 14.1 Å². The summed E-state index contributed by atoms with van der Waals surface area (Å²) in [6.45, 7) is 3.96. The molecule has 19 heavy (non-hydrogen) atoms. The number of benzene rings is 1. The number of primary amides is 1. The Bertz CT molecular complexity index is 487. The standard InChI is InChI=1S/C14H19FN2O2/c1-3-5-9-7-10(6-4-2)12(14(19)17-15)8-11(9)13(16)18/h7-8H,3-6H2,1-2H3,(H2,16,18)(H,17,19). The number of hydrogen-bond donors (Lipinski definition) is 2. The van der Waals surface area contributed by atoms with Crippen molar-refractivity contribution < 1.29 is 14.1 Å². The van der Waals surface area contributed by atoms with E-state index in [4.69, 9.17) is 5.73 Å². The number of hydrogen-bond acceptors (Lipinski definition) is 2. The van der Waals surface area contributed by atoms with Crippen molar-refractivity contribution >= 4 is 11.8 Å². The van der Waals surface area contributed by atoms with Crippen molar-refractivity contribution in [2.45, 2.75) is 39.5 Å². The molecule has 104 valence electrons. The normalized spacial score (nSPS) is 10.3. The van der Waals surface area contributed by atoms with Crippen molar-refractivity contribution in [3.63, 3.8) is 0 Å².